The van der Waals surface area contributed by atoms with Gasteiger partial charge in [0.15, 0.2) is 0 Å². The SMILES string of the molecule is CC/C=C(\CN)N1CCn2c(nc(-c3ccc(F)cc3)c2Nc2cccc(OC(F)(F)F)c2)C1(C)C. The Labute approximate surface area is 207 Å². The number of nitrogens with two attached hydrogens (primary N) is 1. The van der Waals surface area contributed by atoms with E-state index in [2.05, 4.69) is 41.8 Å². The number of fused-ring (bicyclic) bond motifs is 1. The Morgan fingerprint density at radius 3 is 2.53 bits per heavy atom. The number of halogens is 4. The molecule has 0 radical (unpaired) electrons. The molecule has 0 fully saturated rings. The molecule has 10 heteroatoms. The maximum atomic E-state index is 13.7. The van der Waals surface area contributed by atoms with Crippen LogP contribution in [0.15, 0.2) is 60.3 Å². The third-order valence-corrected chi connectivity index (χ3v) is 6.18. The van der Waals surface area contributed by atoms with Crippen molar-refractivity contribution in [3.63, 3.8) is 0 Å². The number of allylic oxidation sites excluding steroid dienone is 1. The summed E-state index contributed by atoms with van der Waals surface area (Å²) >= 11 is 0. The van der Waals surface area contributed by atoms with Crippen molar-refractivity contribution in [1.29, 1.82) is 0 Å². The Morgan fingerprint density at radius 1 is 1.17 bits per heavy atom. The highest BCUT2D eigenvalue weighted by Gasteiger charge is 2.40. The molecule has 4 rings (SSSR count). The molecule has 0 aliphatic carbocycles. The van der Waals surface area contributed by atoms with E-state index in [4.69, 9.17) is 10.7 Å². The predicted molar refractivity (Wildman–Crippen MR) is 131 cm³/mol. The molecule has 2 aromatic carbocycles. The largest absolute Gasteiger partial charge is 0.573 e. The summed E-state index contributed by atoms with van der Waals surface area (Å²) in [7, 11) is 0. The minimum atomic E-state index is -4.80. The first-order chi connectivity index (χ1) is 17.0. The Morgan fingerprint density at radius 2 is 1.89 bits per heavy atom. The van der Waals surface area contributed by atoms with E-state index in [1.54, 1.807) is 18.2 Å². The van der Waals surface area contributed by atoms with E-state index in [1.165, 1.54) is 30.3 Å². The first kappa shape index (κ1) is 25.6. The minimum Gasteiger partial charge on any atom is -0.406 e. The first-order valence-corrected chi connectivity index (χ1v) is 11.7. The second-order valence-electron chi connectivity index (χ2n) is 9.01. The summed E-state index contributed by atoms with van der Waals surface area (Å²) in [5, 5.41) is 3.24. The van der Waals surface area contributed by atoms with E-state index in [0.717, 1.165) is 17.9 Å². The standard InChI is InChI=1S/C26H29F4N5O/c1-4-6-20(16-31)35-14-13-34-23(32-19-7-5-8-21(15-19)36-26(28,29)30)22(33-24(34)25(35,2)3)17-9-11-18(27)12-10-17/h5-12,15,32H,4,13-14,16,31H2,1-3H3/b20-6+. The summed E-state index contributed by atoms with van der Waals surface area (Å²) in [5.74, 6) is 0.645. The molecule has 2 heterocycles. The van der Waals surface area contributed by atoms with Crippen LogP contribution >= 0.6 is 0 Å². The average molecular weight is 504 g/mol. The molecule has 0 amide bonds. The lowest BCUT2D eigenvalue weighted by molar-refractivity contribution is -0.274. The van der Waals surface area contributed by atoms with Crippen LogP contribution in [0, 0.1) is 5.82 Å². The molecule has 0 saturated heterocycles. The third-order valence-electron chi connectivity index (χ3n) is 6.18. The van der Waals surface area contributed by atoms with Gasteiger partial charge in [-0.25, -0.2) is 9.37 Å². The number of ether oxygens (including phenoxy) is 1. The zero-order chi connectivity index (χ0) is 26.1. The minimum absolute atomic E-state index is 0.335. The van der Waals surface area contributed by atoms with Gasteiger partial charge < -0.3 is 25.3 Å². The van der Waals surface area contributed by atoms with E-state index >= 15 is 0 Å². The average Bonchev–Trinajstić information content (AvgIpc) is 3.17. The van der Waals surface area contributed by atoms with Crippen molar-refractivity contribution in [3.8, 4) is 17.0 Å². The van der Waals surface area contributed by atoms with Crippen LogP contribution in [0.2, 0.25) is 0 Å². The van der Waals surface area contributed by atoms with Gasteiger partial charge in [0, 0.05) is 42.6 Å². The highest BCUT2D eigenvalue weighted by atomic mass is 19.4. The van der Waals surface area contributed by atoms with Crippen LogP contribution in [0.25, 0.3) is 11.3 Å². The maximum absolute atomic E-state index is 13.7. The van der Waals surface area contributed by atoms with Crippen LogP contribution in [-0.4, -0.2) is 33.9 Å². The van der Waals surface area contributed by atoms with Gasteiger partial charge in [-0.2, -0.15) is 0 Å². The molecule has 1 aromatic heterocycles. The number of hydrogen-bond donors (Lipinski definition) is 2. The van der Waals surface area contributed by atoms with Crippen LogP contribution in [0.5, 0.6) is 5.75 Å². The van der Waals surface area contributed by atoms with Crippen LogP contribution in [-0.2, 0) is 12.1 Å². The molecule has 0 atom stereocenters. The number of hydrogen-bond acceptors (Lipinski definition) is 5. The van der Waals surface area contributed by atoms with Crippen LogP contribution in [0.1, 0.15) is 33.0 Å². The molecule has 1 aliphatic heterocycles. The molecular formula is C26H29F4N5O. The van der Waals surface area contributed by atoms with Crippen molar-refractivity contribution in [1.82, 2.24) is 14.5 Å². The Hall–Kier alpha value is -3.53. The van der Waals surface area contributed by atoms with E-state index in [9.17, 15) is 17.6 Å². The second kappa shape index (κ2) is 9.85. The summed E-state index contributed by atoms with van der Waals surface area (Å²) in [4.78, 5) is 7.20. The Kier molecular flexibility index (Phi) is 6.99. The number of benzene rings is 2. The number of anilines is 2. The zero-order valence-corrected chi connectivity index (χ0v) is 20.4. The molecular weight excluding hydrogens is 474 g/mol. The topological polar surface area (TPSA) is 68.3 Å². The zero-order valence-electron chi connectivity index (χ0n) is 20.4. The van der Waals surface area contributed by atoms with Crippen LogP contribution in [0.4, 0.5) is 29.1 Å². The first-order valence-electron chi connectivity index (χ1n) is 11.7. The molecule has 0 saturated carbocycles. The molecule has 1 aliphatic rings. The predicted octanol–water partition coefficient (Wildman–Crippen LogP) is 6.13. The van der Waals surface area contributed by atoms with Crippen molar-refractivity contribution in [2.24, 2.45) is 5.73 Å². The lowest BCUT2D eigenvalue weighted by Gasteiger charge is -2.45. The van der Waals surface area contributed by atoms with Gasteiger partial charge in [-0.15, -0.1) is 13.2 Å². The number of alkyl halides is 3. The number of nitrogens with one attached hydrogen (secondary N) is 1. The fourth-order valence-electron chi connectivity index (χ4n) is 4.62. The fraction of sp³-hybridized carbons (Fsp3) is 0.346. The smallest absolute Gasteiger partial charge is 0.406 e. The summed E-state index contributed by atoms with van der Waals surface area (Å²) in [6.07, 6.45) is -1.85. The lowest BCUT2D eigenvalue weighted by Crippen LogP contribution is -2.49. The van der Waals surface area contributed by atoms with Gasteiger partial charge in [0.2, 0.25) is 0 Å². The molecule has 0 unspecified atom stereocenters. The normalized spacial score (nSPS) is 15.6. The second-order valence-corrected chi connectivity index (χ2v) is 9.01. The highest BCUT2D eigenvalue weighted by Crippen LogP contribution is 2.41. The third kappa shape index (κ3) is 5.18. The van der Waals surface area contributed by atoms with Gasteiger partial charge in [-0.05, 0) is 56.7 Å². The van der Waals surface area contributed by atoms with Crippen molar-refractivity contribution in [2.45, 2.75) is 45.6 Å². The van der Waals surface area contributed by atoms with Gasteiger partial charge in [0.05, 0.1) is 5.54 Å². The molecule has 0 bridgehead atoms. The molecule has 3 N–H and O–H groups in total. The van der Waals surface area contributed by atoms with Gasteiger partial charge in [0.1, 0.15) is 28.9 Å². The molecule has 192 valence electrons. The Balaban J connectivity index is 1.81. The van der Waals surface area contributed by atoms with Gasteiger partial charge in [-0.3, -0.25) is 0 Å². The number of aromatic nitrogens is 2. The van der Waals surface area contributed by atoms with Gasteiger partial charge >= 0.3 is 6.36 Å². The molecule has 6 nitrogen and oxygen atoms in total. The molecule has 3 aromatic rings. The molecule has 36 heavy (non-hydrogen) atoms. The van der Waals surface area contributed by atoms with Crippen LogP contribution < -0.4 is 15.8 Å². The lowest BCUT2D eigenvalue weighted by atomic mass is 9.97. The number of rotatable bonds is 7. The summed E-state index contributed by atoms with van der Waals surface area (Å²) in [6, 6.07) is 11.6. The van der Waals surface area contributed by atoms with Crippen molar-refractivity contribution in [3.05, 3.63) is 71.9 Å². The quantitative estimate of drug-likeness (QED) is 0.380. The Bertz CT molecular complexity index is 1250. The van der Waals surface area contributed by atoms with Gasteiger partial charge in [-0.1, -0.05) is 19.1 Å². The summed E-state index contributed by atoms with van der Waals surface area (Å²) < 4.78 is 58.0. The molecule has 0 spiro atoms. The van der Waals surface area contributed by atoms with E-state index in [1.807, 2.05) is 4.57 Å². The maximum Gasteiger partial charge on any atom is 0.573 e. The van der Waals surface area contributed by atoms with E-state index < -0.39 is 11.9 Å². The van der Waals surface area contributed by atoms with Crippen molar-refractivity contribution in [2.75, 3.05) is 18.4 Å². The number of nitrogens with zero attached hydrogens (tertiary/aromatic N) is 3. The fourth-order valence-corrected chi connectivity index (χ4v) is 4.62. The van der Waals surface area contributed by atoms with Crippen molar-refractivity contribution >= 4 is 11.5 Å². The summed E-state index contributed by atoms with van der Waals surface area (Å²) in [5.41, 5.74) is 8.18. The van der Waals surface area contributed by atoms with Gasteiger partial charge in [0.25, 0.3) is 0 Å². The highest BCUT2D eigenvalue weighted by molar-refractivity contribution is 5.77. The monoisotopic (exact) mass is 503 g/mol. The number of imidazole rings is 1. The van der Waals surface area contributed by atoms with E-state index in [-0.39, 0.29) is 11.6 Å². The van der Waals surface area contributed by atoms with Crippen LogP contribution in [0.3, 0.4) is 0 Å². The summed E-state index contributed by atoms with van der Waals surface area (Å²) in [6.45, 7) is 7.78. The van der Waals surface area contributed by atoms with E-state index in [0.29, 0.717) is 42.4 Å². The van der Waals surface area contributed by atoms with Crippen molar-refractivity contribution < 1.29 is 22.3 Å².